The minimum Gasteiger partial charge on any atom is -0.302 e. The molecule has 23 heavy (non-hydrogen) atoms. The SMILES string of the molecule is CC1(C)CC2(CCC1=O)C(=O)N(CC(F)(F)F)c1ccccc12. The predicted molar refractivity (Wildman–Crippen MR) is 79.2 cm³/mol. The smallest absolute Gasteiger partial charge is 0.302 e. The molecule has 1 unspecified atom stereocenters. The highest BCUT2D eigenvalue weighted by molar-refractivity contribution is 6.09. The minimum atomic E-state index is -4.46. The van der Waals surface area contributed by atoms with Crippen LogP contribution in [-0.2, 0) is 15.0 Å². The lowest BCUT2D eigenvalue weighted by Gasteiger charge is -2.40. The number of para-hydroxylation sites is 1. The summed E-state index contributed by atoms with van der Waals surface area (Å²) in [5.74, 6) is -0.473. The van der Waals surface area contributed by atoms with Crippen molar-refractivity contribution in [3.05, 3.63) is 29.8 Å². The number of rotatable bonds is 1. The number of ketones is 1. The fraction of sp³-hybridized carbons (Fsp3) is 0.529. The molecule has 3 rings (SSSR count). The van der Waals surface area contributed by atoms with Crippen molar-refractivity contribution in [3.63, 3.8) is 0 Å². The van der Waals surface area contributed by atoms with Crippen molar-refractivity contribution in [2.45, 2.75) is 44.7 Å². The molecule has 1 spiro atoms. The lowest BCUT2D eigenvalue weighted by Crippen LogP contribution is -2.50. The van der Waals surface area contributed by atoms with Crippen LogP contribution >= 0.6 is 0 Å². The van der Waals surface area contributed by atoms with Gasteiger partial charge in [-0.15, -0.1) is 0 Å². The Morgan fingerprint density at radius 2 is 1.83 bits per heavy atom. The van der Waals surface area contributed by atoms with Gasteiger partial charge in [0.05, 0.1) is 5.41 Å². The van der Waals surface area contributed by atoms with Crippen LogP contribution < -0.4 is 4.90 Å². The van der Waals surface area contributed by atoms with Crippen LogP contribution in [0.4, 0.5) is 18.9 Å². The first-order valence-electron chi connectivity index (χ1n) is 7.58. The van der Waals surface area contributed by atoms with Crippen molar-refractivity contribution in [1.82, 2.24) is 0 Å². The third-order valence-corrected chi connectivity index (χ3v) is 4.98. The lowest BCUT2D eigenvalue weighted by atomic mass is 9.60. The predicted octanol–water partition coefficient (Wildman–Crippen LogP) is 3.61. The van der Waals surface area contributed by atoms with Gasteiger partial charge >= 0.3 is 6.18 Å². The van der Waals surface area contributed by atoms with Gasteiger partial charge in [0.2, 0.25) is 5.91 Å². The maximum atomic E-state index is 12.9. The van der Waals surface area contributed by atoms with E-state index in [9.17, 15) is 22.8 Å². The quantitative estimate of drug-likeness (QED) is 0.791. The largest absolute Gasteiger partial charge is 0.406 e. The van der Waals surface area contributed by atoms with Crippen LogP contribution in [0.2, 0.25) is 0 Å². The summed E-state index contributed by atoms with van der Waals surface area (Å²) in [5, 5.41) is 0. The fourth-order valence-corrected chi connectivity index (χ4v) is 3.95. The summed E-state index contributed by atoms with van der Waals surface area (Å²) in [6.07, 6.45) is -3.72. The number of alkyl halides is 3. The molecule has 1 aliphatic carbocycles. The Bertz CT molecular complexity index is 681. The number of anilines is 1. The van der Waals surface area contributed by atoms with Gasteiger partial charge in [-0.2, -0.15) is 13.2 Å². The third-order valence-electron chi connectivity index (χ3n) is 4.98. The summed E-state index contributed by atoms with van der Waals surface area (Å²) < 4.78 is 38.7. The molecule has 2 aliphatic rings. The van der Waals surface area contributed by atoms with Crippen LogP contribution in [0.5, 0.6) is 0 Å². The van der Waals surface area contributed by atoms with Crippen molar-refractivity contribution in [2.24, 2.45) is 5.41 Å². The summed E-state index contributed by atoms with van der Waals surface area (Å²) in [6, 6.07) is 6.63. The first-order valence-corrected chi connectivity index (χ1v) is 7.58. The Balaban J connectivity index is 2.09. The zero-order valence-electron chi connectivity index (χ0n) is 13.0. The number of carbonyl (C=O) groups is 2. The molecule has 1 amide bonds. The molecule has 1 saturated carbocycles. The van der Waals surface area contributed by atoms with Crippen LogP contribution in [0.3, 0.4) is 0 Å². The number of halogens is 3. The van der Waals surface area contributed by atoms with E-state index in [1.165, 1.54) is 0 Å². The molecule has 0 aromatic heterocycles. The number of fused-ring (bicyclic) bond motifs is 2. The third kappa shape index (κ3) is 2.44. The molecule has 1 aliphatic heterocycles. The molecule has 1 atom stereocenters. The highest BCUT2D eigenvalue weighted by atomic mass is 19.4. The maximum absolute atomic E-state index is 12.9. The second-order valence-electron chi connectivity index (χ2n) is 7.09. The Labute approximate surface area is 132 Å². The first kappa shape index (κ1) is 16.0. The van der Waals surface area contributed by atoms with E-state index in [2.05, 4.69) is 0 Å². The number of nitrogens with zero attached hydrogens (tertiary/aromatic N) is 1. The summed E-state index contributed by atoms with van der Waals surface area (Å²) in [7, 11) is 0. The van der Waals surface area contributed by atoms with Crippen LogP contribution in [0.15, 0.2) is 24.3 Å². The van der Waals surface area contributed by atoms with E-state index in [1.807, 2.05) is 0 Å². The topological polar surface area (TPSA) is 37.4 Å². The summed E-state index contributed by atoms with van der Waals surface area (Å²) in [4.78, 5) is 25.8. The van der Waals surface area contributed by atoms with Gasteiger partial charge in [0.1, 0.15) is 12.3 Å². The molecule has 1 aromatic rings. The molecular weight excluding hydrogens is 307 g/mol. The Hall–Kier alpha value is -1.85. The molecule has 1 aromatic carbocycles. The van der Waals surface area contributed by atoms with E-state index in [4.69, 9.17) is 0 Å². The fourth-order valence-electron chi connectivity index (χ4n) is 3.95. The van der Waals surface area contributed by atoms with Crippen molar-refractivity contribution in [2.75, 3.05) is 11.4 Å². The van der Waals surface area contributed by atoms with Crippen molar-refractivity contribution in [3.8, 4) is 0 Å². The zero-order chi connectivity index (χ0) is 17.0. The van der Waals surface area contributed by atoms with Crippen LogP contribution in [0.1, 0.15) is 38.7 Å². The average molecular weight is 325 g/mol. The number of hydrogen-bond acceptors (Lipinski definition) is 2. The van der Waals surface area contributed by atoms with Crippen LogP contribution in [0, 0.1) is 5.41 Å². The average Bonchev–Trinajstić information content (AvgIpc) is 2.65. The number of amides is 1. The molecular formula is C17H18F3NO2. The number of hydrogen-bond donors (Lipinski definition) is 0. The molecule has 1 fully saturated rings. The number of Topliss-reactive ketones (excluding diaryl/α,β-unsaturated/α-hetero) is 1. The molecule has 0 bridgehead atoms. The van der Waals surface area contributed by atoms with Gasteiger partial charge in [0.15, 0.2) is 0 Å². The molecule has 0 saturated heterocycles. The van der Waals surface area contributed by atoms with Crippen molar-refractivity contribution >= 4 is 17.4 Å². The van der Waals surface area contributed by atoms with E-state index in [0.29, 0.717) is 11.3 Å². The molecule has 6 heteroatoms. The zero-order valence-corrected chi connectivity index (χ0v) is 13.0. The molecule has 0 N–H and O–H groups in total. The highest BCUT2D eigenvalue weighted by Gasteiger charge is 2.57. The van der Waals surface area contributed by atoms with Gasteiger partial charge in [-0.1, -0.05) is 32.0 Å². The second kappa shape index (κ2) is 4.82. The van der Waals surface area contributed by atoms with Gasteiger partial charge in [-0.3, -0.25) is 9.59 Å². The minimum absolute atomic E-state index is 0.0580. The number of carbonyl (C=O) groups excluding carboxylic acids is 2. The monoisotopic (exact) mass is 325 g/mol. The van der Waals surface area contributed by atoms with Gasteiger partial charge in [0, 0.05) is 17.5 Å². The van der Waals surface area contributed by atoms with E-state index in [-0.39, 0.29) is 25.0 Å². The molecule has 3 nitrogen and oxygen atoms in total. The van der Waals surface area contributed by atoms with E-state index < -0.39 is 29.5 Å². The normalized spacial score (nSPS) is 26.7. The lowest BCUT2D eigenvalue weighted by molar-refractivity contribution is -0.140. The Morgan fingerprint density at radius 3 is 2.43 bits per heavy atom. The first-order chi connectivity index (χ1) is 10.6. The highest BCUT2D eigenvalue weighted by Crippen LogP contribution is 2.54. The van der Waals surface area contributed by atoms with Crippen LogP contribution in [0.25, 0.3) is 0 Å². The molecule has 1 heterocycles. The van der Waals surface area contributed by atoms with E-state index in [0.717, 1.165) is 4.90 Å². The summed E-state index contributed by atoms with van der Waals surface area (Å²) in [6.45, 7) is 2.23. The standard InChI is InChI=1S/C17H18F3NO2/c1-15(2)9-16(8-7-13(15)22)11-5-3-4-6-12(11)21(14(16)23)10-17(18,19)20/h3-6H,7-10H2,1-2H3. The summed E-state index contributed by atoms with van der Waals surface area (Å²) >= 11 is 0. The van der Waals surface area contributed by atoms with Crippen molar-refractivity contribution < 1.29 is 22.8 Å². The summed E-state index contributed by atoms with van der Waals surface area (Å²) in [5.41, 5.74) is -0.788. The van der Waals surface area contributed by atoms with Crippen LogP contribution in [-0.4, -0.2) is 24.4 Å². The molecule has 0 radical (unpaired) electrons. The van der Waals surface area contributed by atoms with E-state index in [1.54, 1.807) is 38.1 Å². The van der Waals surface area contributed by atoms with Gasteiger partial charge in [-0.25, -0.2) is 0 Å². The molecule has 124 valence electrons. The van der Waals surface area contributed by atoms with Gasteiger partial charge in [0.25, 0.3) is 0 Å². The van der Waals surface area contributed by atoms with E-state index >= 15 is 0 Å². The van der Waals surface area contributed by atoms with Crippen molar-refractivity contribution in [1.29, 1.82) is 0 Å². The maximum Gasteiger partial charge on any atom is 0.406 e. The van der Waals surface area contributed by atoms with Gasteiger partial charge in [-0.05, 0) is 24.5 Å². The Kier molecular flexibility index (Phi) is 3.36. The Morgan fingerprint density at radius 1 is 1.17 bits per heavy atom. The second-order valence-corrected chi connectivity index (χ2v) is 7.09. The number of benzene rings is 1. The van der Waals surface area contributed by atoms with Gasteiger partial charge < -0.3 is 4.90 Å².